The van der Waals surface area contributed by atoms with Gasteiger partial charge in [-0.1, -0.05) is 42.5 Å². The molecule has 2 aromatic rings. The van der Waals surface area contributed by atoms with Gasteiger partial charge >= 0.3 is 5.97 Å². The molecule has 0 bridgehead atoms. The van der Waals surface area contributed by atoms with Crippen molar-refractivity contribution in [1.82, 2.24) is 4.90 Å². The molecule has 2 rings (SSSR count). The van der Waals surface area contributed by atoms with E-state index in [1.807, 2.05) is 51.1 Å². The molecule has 142 valence electrons. The van der Waals surface area contributed by atoms with Gasteiger partial charge in [0.2, 0.25) is 0 Å². The van der Waals surface area contributed by atoms with E-state index in [-0.39, 0.29) is 18.3 Å². The zero-order valence-electron chi connectivity index (χ0n) is 15.8. The van der Waals surface area contributed by atoms with Gasteiger partial charge in [0.15, 0.2) is 6.61 Å². The normalized spacial score (nSPS) is 11.4. The minimum atomic E-state index is -0.652. The van der Waals surface area contributed by atoms with Crippen LogP contribution in [0.2, 0.25) is 0 Å². The molecule has 0 N–H and O–H groups in total. The van der Waals surface area contributed by atoms with E-state index in [2.05, 4.69) is 0 Å². The highest BCUT2D eigenvalue weighted by Crippen LogP contribution is 2.18. The van der Waals surface area contributed by atoms with Crippen LogP contribution < -0.4 is 0 Å². The molecule has 0 unspecified atom stereocenters. The quantitative estimate of drug-likeness (QED) is 0.566. The van der Waals surface area contributed by atoms with Gasteiger partial charge in [-0.25, -0.2) is 9.18 Å². The van der Waals surface area contributed by atoms with Crippen LogP contribution in [0.15, 0.2) is 60.7 Å². The fourth-order valence-corrected chi connectivity index (χ4v) is 2.50. The van der Waals surface area contributed by atoms with Gasteiger partial charge in [-0.15, -0.1) is 0 Å². The number of ether oxygens (including phenoxy) is 1. The van der Waals surface area contributed by atoms with Crippen LogP contribution >= 0.6 is 0 Å². The van der Waals surface area contributed by atoms with Crippen LogP contribution in [0.25, 0.3) is 6.08 Å². The van der Waals surface area contributed by atoms with Gasteiger partial charge in [0.05, 0.1) is 0 Å². The van der Waals surface area contributed by atoms with Crippen molar-refractivity contribution in [2.24, 2.45) is 0 Å². The molecule has 2 aromatic carbocycles. The Bertz CT molecular complexity index is 810. The number of nitrogens with zero attached hydrogens (tertiary/aromatic N) is 1. The summed E-state index contributed by atoms with van der Waals surface area (Å²) in [5.74, 6) is -1.32. The average molecular weight is 369 g/mol. The van der Waals surface area contributed by atoms with Gasteiger partial charge in [0.25, 0.3) is 5.91 Å². The fraction of sp³-hybridized carbons (Fsp3) is 0.273. The number of hydrogen-bond donors (Lipinski definition) is 0. The molecule has 1 amide bonds. The third-order valence-electron chi connectivity index (χ3n) is 3.89. The topological polar surface area (TPSA) is 46.6 Å². The van der Waals surface area contributed by atoms with Gasteiger partial charge in [0.1, 0.15) is 5.82 Å². The maximum atomic E-state index is 13.1. The molecular formula is C22H24FNO3. The molecule has 0 fully saturated rings. The molecule has 0 aliphatic heterocycles. The van der Waals surface area contributed by atoms with E-state index in [4.69, 9.17) is 4.74 Å². The Morgan fingerprint density at radius 1 is 1.07 bits per heavy atom. The Kier molecular flexibility index (Phi) is 6.88. The molecule has 4 nitrogen and oxygen atoms in total. The van der Waals surface area contributed by atoms with Crippen LogP contribution in [0.3, 0.4) is 0 Å². The lowest BCUT2D eigenvalue weighted by atomic mass is 10.0. The first kappa shape index (κ1) is 20.4. The van der Waals surface area contributed by atoms with E-state index in [1.165, 1.54) is 24.3 Å². The van der Waals surface area contributed by atoms with Crippen molar-refractivity contribution in [2.75, 3.05) is 6.61 Å². The molecule has 0 spiro atoms. The summed E-state index contributed by atoms with van der Waals surface area (Å²) < 4.78 is 18.2. The Morgan fingerprint density at radius 2 is 1.78 bits per heavy atom. The maximum Gasteiger partial charge on any atom is 0.331 e. The standard InChI is InChI=1S/C22H24FNO3/c1-22(2,3)24(15-18-8-5-4-6-9-18)20(25)16-27-21(26)13-12-17-10-7-11-19(23)14-17/h4-14H,15-16H2,1-3H3. The molecule has 0 heterocycles. The zero-order valence-corrected chi connectivity index (χ0v) is 15.8. The van der Waals surface area contributed by atoms with Crippen LogP contribution in [0.5, 0.6) is 0 Å². The first-order valence-electron chi connectivity index (χ1n) is 8.70. The highest BCUT2D eigenvalue weighted by molar-refractivity contribution is 5.89. The summed E-state index contributed by atoms with van der Waals surface area (Å²) in [6, 6.07) is 15.5. The van der Waals surface area contributed by atoms with E-state index in [0.29, 0.717) is 12.1 Å². The van der Waals surface area contributed by atoms with E-state index in [9.17, 15) is 14.0 Å². The molecule has 0 aromatic heterocycles. The summed E-state index contributed by atoms with van der Waals surface area (Å²) in [6.07, 6.45) is 2.63. The number of amides is 1. The van der Waals surface area contributed by atoms with Gasteiger partial charge in [-0.3, -0.25) is 4.79 Å². The van der Waals surface area contributed by atoms with E-state index < -0.39 is 11.5 Å². The number of esters is 1. The van der Waals surface area contributed by atoms with Gasteiger partial charge < -0.3 is 9.64 Å². The zero-order chi connectivity index (χ0) is 19.9. The molecule has 0 saturated heterocycles. The Balaban J connectivity index is 1.95. The predicted octanol–water partition coefficient (Wildman–Crippen LogP) is 4.21. The van der Waals surface area contributed by atoms with E-state index in [0.717, 1.165) is 5.56 Å². The molecular weight excluding hydrogens is 345 g/mol. The lowest BCUT2D eigenvalue weighted by Gasteiger charge is -2.35. The molecule has 0 aliphatic rings. The molecule has 0 radical (unpaired) electrons. The Morgan fingerprint density at radius 3 is 2.41 bits per heavy atom. The SMILES string of the molecule is CC(C)(C)N(Cc1ccccc1)C(=O)COC(=O)C=Cc1cccc(F)c1. The largest absolute Gasteiger partial charge is 0.452 e. The Labute approximate surface area is 159 Å². The maximum absolute atomic E-state index is 13.1. The fourth-order valence-electron chi connectivity index (χ4n) is 2.50. The smallest absolute Gasteiger partial charge is 0.331 e. The molecule has 0 aliphatic carbocycles. The summed E-state index contributed by atoms with van der Waals surface area (Å²) in [7, 11) is 0. The van der Waals surface area contributed by atoms with Crippen molar-refractivity contribution in [3.05, 3.63) is 77.6 Å². The van der Waals surface area contributed by atoms with E-state index in [1.54, 1.807) is 17.0 Å². The number of benzene rings is 2. The van der Waals surface area contributed by atoms with Crippen LogP contribution in [-0.4, -0.2) is 28.9 Å². The minimum absolute atomic E-state index is 0.279. The first-order chi connectivity index (χ1) is 12.8. The summed E-state index contributed by atoms with van der Waals surface area (Å²) in [5, 5.41) is 0. The number of hydrogen-bond acceptors (Lipinski definition) is 3. The van der Waals surface area contributed by atoms with Gasteiger partial charge in [0, 0.05) is 18.2 Å². The van der Waals surface area contributed by atoms with Crippen LogP contribution in [0.1, 0.15) is 31.9 Å². The van der Waals surface area contributed by atoms with Crippen molar-refractivity contribution in [3.63, 3.8) is 0 Å². The van der Waals surface area contributed by atoms with Crippen LogP contribution in [-0.2, 0) is 20.9 Å². The molecule has 5 heteroatoms. The Hall–Kier alpha value is -2.95. The molecule has 0 atom stereocenters. The number of carbonyl (C=O) groups excluding carboxylic acids is 2. The van der Waals surface area contributed by atoms with Crippen molar-refractivity contribution in [2.45, 2.75) is 32.9 Å². The predicted molar refractivity (Wildman–Crippen MR) is 103 cm³/mol. The minimum Gasteiger partial charge on any atom is -0.452 e. The second kappa shape index (κ2) is 9.12. The first-order valence-corrected chi connectivity index (χ1v) is 8.70. The second-order valence-electron chi connectivity index (χ2n) is 7.13. The summed E-state index contributed by atoms with van der Waals surface area (Å²) in [6.45, 7) is 5.87. The lowest BCUT2D eigenvalue weighted by Crippen LogP contribution is -2.46. The van der Waals surface area contributed by atoms with Crippen molar-refractivity contribution >= 4 is 18.0 Å². The second-order valence-corrected chi connectivity index (χ2v) is 7.13. The van der Waals surface area contributed by atoms with Gasteiger partial charge in [-0.2, -0.15) is 0 Å². The van der Waals surface area contributed by atoms with Crippen molar-refractivity contribution in [1.29, 1.82) is 0 Å². The lowest BCUT2D eigenvalue weighted by molar-refractivity contribution is -0.151. The van der Waals surface area contributed by atoms with Gasteiger partial charge in [-0.05, 0) is 50.1 Å². The molecule has 27 heavy (non-hydrogen) atoms. The average Bonchev–Trinajstić information content (AvgIpc) is 2.62. The summed E-state index contributed by atoms with van der Waals surface area (Å²) in [4.78, 5) is 26.1. The summed E-state index contributed by atoms with van der Waals surface area (Å²) >= 11 is 0. The van der Waals surface area contributed by atoms with Crippen LogP contribution in [0.4, 0.5) is 4.39 Å². The third kappa shape index (κ3) is 6.70. The summed E-state index contributed by atoms with van der Waals surface area (Å²) in [5.41, 5.74) is 1.12. The highest BCUT2D eigenvalue weighted by Gasteiger charge is 2.27. The van der Waals surface area contributed by atoms with Crippen molar-refractivity contribution in [3.8, 4) is 0 Å². The van der Waals surface area contributed by atoms with Crippen molar-refractivity contribution < 1.29 is 18.7 Å². The molecule has 0 saturated carbocycles. The van der Waals surface area contributed by atoms with Crippen LogP contribution in [0, 0.1) is 5.82 Å². The number of rotatable bonds is 6. The third-order valence-corrected chi connectivity index (χ3v) is 3.89. The number of halogens is 1. The van der Waals surface area contributed by atoms with E-state index >= 15 is 0 Å². The highest BCUT2D eigenvalue weighted by atomic mass is 19.1. The monoisotopic (exact) mass is 369 g/mol. The number of carbonyl (C=O) groups is 2.